The number of aromatic nitrogens is 1. The predicted molar refractivity (Wildman–Crippen MR) is 75.3 cm³/mol. The maximum atomic E-state index is 12.1. The molecule has 1 atom stereocenters. The van der Waals surface area contributed by atoms with Gasteiger partial charge < -0.3 is 15.2 Å². The van der Waals surface area contributed by atoms with Crippen LogP contribution in [0.4, 0.5) is 0 Å². The molecule has 5 heteroatoms. The van der Waals surface area contributed by atoms with Crippen molar-refractivity contribution in [2.75, 3.05) is 13.1 Å². The average Bonchev–Trinajstić information content (AvgIpc) is 2.99. The van der Waals surface area contributed by atoms with Gasteiger partial charge in [-0.05, 0) is 19.4 Å². The molecule has 0 spiro atoms. The van der Waals surface area contributed by atoms with Crippen LogP contribution in [0.15, 0.2) is 40.9 Å². The molecule has 0 bridgehead atoms. The van der Waals surface area contributed by atoms with Crippen molar-refractivity contribution >= 4 is 5.91 Å². The summed E-state index contributed by atoms with van der Waals surface area (Å²) in [4.78, 5) is 12.1. The smallest absolute Gasteiger partial charge is 0.273 e. The van der Waals surface area contributed by atoms with Crippen molar-refractivity contribution in [2.45, 2.75) is 18.9 Å². The van der Waals surface area contributed by atoms with Crippen molar-refractivity contribution in [1.29, 1.82) is 0 Å². The first-order chi connectivity index (χ1) is 9.83. The lowest BCUT2D eigenvalue weighted by Crippen LogP contribution is -2.45. The van der Waals surface area contributed by atoms with Gasteiger partial charge in [0, 0.05) is 24.2 Å². The second kappa shape index (κ2) is 5.88. The van der Waals surface area contributed by atoms with Gasteiger partial charge in [-0.15, -0.1) is 0 Å². The molecule has 5 nitrogen and oxygen atoms in total. The van der Waals surface area contributed by atoms with Crippen molar-refractivity contribution in [1.82, 2.24) is 15.8 Å². The SMILES string of the molecule is O=C(NC1CCCNC1)c1cc(-c2ccccc2)on1. The Morgan fingerprint density at radius 3 is 2.95 bits per heavy atom. The van der Waals surface area contributed by atoms with Gasteiger partial charge in [-0.25, -0.2) is 0 Å². The predicted octanol–water partition coefficient (Wildman–Crippen LogP) is 1.82. The largest absolute Gasteiger partial charge is 0.355 e. The minimum absolute atomic E-state index is 0.174. The molecule has 3 rings (SSSR count). The van der Waals surface area contributed by atoms with Gasteiger partial charge >= 0.3 is 0 Å². The average molecular weight is 271 g/mol. The minimum atomic E-state index is -0.176. The number of nitrogens with zero attached hydrogens (tertiary/aromatic N) is 1. The van der Waals surface area contributed by atoms with Crippen LogP contribution < -0.4 is 10.6 Å². The molecule has 1 fully saturated rings. The Bertz CT molecular complexity index is 574. The van der Waals surface area contributed by atoms with Crippen molar-refractivity contribution in [3.05, 3.63) is 42.1 Å². The summed E-state index contributed by atoms with van der Waals surface area (Å²) in [6.07, 6.45) is 2.08. The summed E-state index contributed by atoms with van der Waals surface area (Å²) in [6, 6.07) is 11.5. The number of benzene rings is 1. The Morgan fingerprint density at radius 2 is 2.20 bits per heavy atom. The van der Waals surface area contributed by atoms with E-state index in [0.29, 0.717) is 11.5 Å². The highest BCUT2D eigenvalue weighted by molar-refractivity contribution is 5.93. The van der Waals surface area contributed by atoms with E-state index >= 15 is 0 Å². The van der Waals surface area contributed by atoms with E-state index in [2.05, 4.69) is 15.8 Å². The Balaban J connectivity index is 1.68. The van der Waals surface area contributed by atoms with E-state index in [0.717, 1.165) is 31.5 Å². The molecule has 104 valence electrons. The molecule has 1 aliphatic heterocycles. The molecule has 0 radical (unpaired) electrons. The zero-order valence-corrected chi connectivity index (χ0v) is 11.1. The number of nitrogens with one attached hydrogen (secondary N) is 2. The van der Waals surface area contributed by atoms with Crippen LogP contribution in [0.2, 0.25) is 0 Å². The van der Waals surface area contributed by atoms with Gasteiger partial charge in [0.15, 0.2) is 11.5 Å². The fraction of sp³-hybridized carbons (Fsp3) is 0.333. The van der Waals surface area contributed by atoms with E-state index in [1.807, 2.05) is 30.3 Å². The van der Waals surface area contributed by atoms with Crippen molar-refractivity contribution in [3.8, 4) is 11.3 Å². The quantitative estimate of drug-likeness (QED) is 0.893. The third-order valence-corrected chi connectivity index (χ3v) is 3.43. The molecule has 1 unspecified atom stereocenters. The fourth-order valence-corrected chi connectivity index (χ4v) is 2.36. The maximum absolute atomic E-state index is 12.1. The lowest BCUT2D eigenvalue weighted by Gasteiger charge is -2.23. The Labute approximate surface area is 117 Å². The van der Waals surface area contributed by atoms with Crippen LogP contribution in [0.25, 0.3) is 11.3 Å². The minimum Gasteiger partial charge on any atom is -0.355 e. The second-order valence-electron chi connectivity index (χ2n) is 4.96. The molecule has 1 amide bonds. The van der Waals surface area contributed by atoms with Crippen molar-refractivity contribution in [3.63, 3.8) is 0 Å². The number of amides is 1. The topological polar surface area (TPSA) is 67.2 Å². The lowest BCUT2D eigenvalue weighted by atomic mass is 10.1. The number of piperidine rings is 1. The van der Waals surface area contributed by atoms with Crippen LogP contribution >= 0.6 is 0 Å². The highest BCUT2D eigenvalue weighted by Crippen LogP contribution is 2.19. The normalized spacial score (nSPS) is 18.7. The molecule has 1 saturated heterocycles. The number of hydrogen-bond acceptors (Lipinski definition) is 4. The highest BCUT2D eigenvalue weighted by atomic mass is 16.5. The van der Waals surface area contributed by atoms with Crippen LogP contribution in [-0.2, 0) is 0 Å². The van der Waals surface area contributed by atoms with Crippen LogP contribution in [0.3, 0.4) is 0 Å². The summed E-state index contributed by atoms with van der Waals surface area (Å²) in [5.41, 5.74) is 1.24. The summed E-state index contributed by atoms with van der Waals surface area (Å²) in [5, 5.41) is 10.1. The zero-order chi connectivity index (χ0) is 13.8. The van der Waals surface area contributed by atoms with Gasteiger partial charge in [0.25, 0.3) is 5.91 Å². The Kier molecular flexibility index (Phi) is 3.78. The van der Waals surface area contributed by atoms with Crippen molar-refractivity contribution < 1.29 is 9.32 Å². The third-order valence-electron chi connectivity index (χ3n) is 3.43. The first-order valence-corrected chi connectivity index (χ1v) is 6.86. The molecule has 1 aromatic carbocycles. The Hall–Kier alpha value is -2.14. The van der Waals surface area contributed by atoms with Crippen molar-refractivity contribution in [2.24, 2.45) is 0 Å². The number of hydrogen-bond donors (Lipinski definition) is 2. The third kappa shape index (κ3) is 2.88. The van der Waals surface area contributed by atoms with Gasteiger partial charge in [0.1, 0.15) is 0 Å². The maximum Gasteiger partial charge on any atom is 0.273 e. The van der Waals surface area contributed by atoms with E-state index in [1.54, 1.807) is 6.07 Å². The number of carbonyl (C=O) groups is 1. The first kappa shape index (κ1) is 12.9. The molecule has 0 saturated carbocycles. The summed E-state index contributed by atoms with van der Waals surface area (Å²) in [7, 11) is 0. The first-order valence-electron chi connectivity index (χ1n) is 6.86. The molecule has 2 aromatic rings. The summed E-state index contributed by atoms with van der Waals surface area (Å²) < 4.78 is 5.23. The molecule has 1 aromatic heterocycles. The van der Waals surface area contributed by atoms with Gasteiger partial charge in [-0.1, -0.05) is 35.5 Å². The number of carbonyl (C=O) groups excluding carboxylic acids is 1. The highest BCUT2D eigenvalue weighted by Gasteiger charge is 2.19. The summed E-state index contributed by atoms with van der Waals surface area (Å²) >= 11 is 0. The fourth-order valence-electron chi connectivity index (χ4n) is 2.36. The van der Waals surface area contributed by atoms with Crippen LogP contribution in [0.1, 0.15) is 23.3 Å². The summed E-state index contributed by atoms with van der Waals surface area (Å²) in [5.74, 6) is 0.433. The standard InChI is InChI=1S/C15H17N3O2/c19-15(17-12-7-4-8-16-10-12)13-9-14(20-18-13)11-5-2-1-3-6-11/h1-3,5-6,9,12,16H,4,7-8,10H2,(H,17,19). The van der Waals surface area contributed by atoms with E-state index in [-0.39, 0.29) is 11.9 Å². The van der Waals surface area contributed by atoms with Gasteiger partial charge in [0.2, 0.25) is 0 Å². The molecular formula is C15H17N3O2. The van der Waals surface area contributed by atoms with E-state index < -0.39 is 0 Å². The van der Waals surface area contributed by atoms with Gasteiger partial charge in [-0.2, -0.15) is 0 Å². The van der Waals surface area contributed by atoms with Crippen LogP contribution in [-0.4, -0.2) is 30.2 Å². The van der Waals surface area contributed by atoms with Crippen LogP contribution in [0, 0.1) is 0 Å². The zero-order valence-electron chi connectivity index (χ0n) is 11.1. The molecule has 1 aliphatic rings. The van der Waals surface area contributed by atoms with Gasteiger partial charge in [0.05, 0.1) is 0 Å². The van der Waals surface area contributed by atoms with Crippen LogP contribution in [0.5, 0.6) is 0 Å². The molecule has 2 heterocycles. The number of rotatable bonds is 3. The lowest BCUT2D eigenvalue weighted by molar-refractivity contribution is 0.0921. The van der Waals surface area contributed by atoms with E-state index in [9.17, 15) is 4.79 Å². The molecular weight excluding hydrogens is 254 g/mol. The molecule has 20 heavy (non-hydrogen) atoms. The Morgan fingerprint density at radius 1 is 1.35 bits per heavy atom. The van der Waals surface area contributed by atoms with E-state index in [1.165, 1.54) is 0 Å². The van der Waals surface area contributed by atoms with E-state index in [4.69, 9.17) is 4.52 Å². The monoisotopic (exact) mass is 271 g/mol. The summed E-state index contributed by atoms with van der Waals surface area (Å²) in [6.45, 7) is 1.84. The second-order valence-corrected chi connectivity index (χ2v) is 4.96. The van der Waals surface area contributed by atoms with Gasteiger partial charge in [-0.3, -0.25) is 4.79 Å². The molecule has 2 N–H and O–H groups in total. The molecule has 0 aliphatic carbocycles.